The van der Waals surface area contributed by atoms with E-state index in [0.29, 0.717) is 12.1 Å². The fourth-order valence-electron chi connectivity index (χ4n) is 2.29. The Morgan fingerprint density at radius 1 is 1.06 bits per heavy atom. The van der Waals surface area contributed by atoms with Crippen LogP contribution in [0.25, 0.3) is 0 Å². The summed E-state index contributed by atoms with van der Waals surface area (Å²) in [5, 5.41) is 0. The number of rotatable bonds is 6. The van der Waals surface area contributed by atoms with Crippen molar-refractivity contribution in [2.24, 2.45) is 0 Å². The minimum atomic E-state index is -0.0320. The number of hydrogen-bond acceptors (Lipinski definition) is 2. The molecule has 0 aliphatic heterocycles. The average molecular weight is 247 g/mol. The van der Waals surface area contributed by atoms with Gasteiger partial charge in [0, 0.05) is 18.6 Å². The molecule has 0 N–H and O–H groups in total. The second-order valence-electron chi connectivity index (χ2n) is 5.54. The monoisotopic (exact) mass is 247 g/mol. The van der Waals surface area contributed by atoms with Crippen LogP contribution in [0.1, 0.15) is 44.7 Å². The second-order valence-corrected chi connectivity index (χ2v) is 5.54. The summed E-state index contributed by atoms with van der Waals surface area (Å²) in [6.45, 7) is 11.6. The van der Waals surface area contributed by atoms with Gasteiger partial charge < -0.3 is 4.79 Å². The van der Waals surface area contributed by atoms with Crippen LogP contribution in [0.2, 0.25) is 0 Å². The Kier molecular flexibility index (Phi) is 5.54. The summed E-state index contributed by atoms with van der Waals surface area (Å²) in [7, 11) is 0. The van der Waals surface area contributed by atoms with Gasteiger partial charge in [0.25, 0.3) is 0 Å². The fourth-order valence-corrected chi connectivity index (χ4v) is 2.29. The van der Waals surface area contributed by atoms with E-state index in [9.17, 15) is 4.79 Å². The van der Waals surface area contributed by atoms with Crippen LogP contribution in [0.4, 0.5) is 0 Å². The summed E-state index contributed by atoms with van der Waals surface area (Å²) in [5.41, 5.74) is 2.34. The van der Waals surface area contributed by atoms with Gasteiger partial charge in [-0.2, -0.15) is 0 Å². The molecule has 0 bridgehead atoms. The maximum atomic E-state index is 11.3. The molecule has 2 heteroatoms. The first-order chi connectivity index (χ1) is 8.45. The predicted molar refractivity (Wildman–Crippen MR) is 77.0 cm³/mol. The highest BCUT2D eigenvalue weighted by Crippen LogP contribution is 2.18. The molecule has 100 valence electrons. The molecule has 0 radical (unpaired) electrons. The number of benzene rings is 1. The molecule has 0 aliphatic rings. The molecule has 0 fully saturated rings. The number of carbonyl (C=O) groups is 1. The molecule has 0 saturated carbocycles. The molecular formula is C16H25NO. The highest BCUT2D eigenvalue weighted by atomic mass is 16.1. The molecule has 0 spiro atoms. The van der Waals surface area contributed by atoms with E-state index in [1.165, 1.54) is 5.56 Å². The molecule has 18 heavy (non-hydrogen) atoms. The summed E-state index contributed by atoms with van der Waals surface area (Å²) in [5.74, 6) is -0.0320. The van der Waals surface area contributed by atoms with Crippen molar-refractivity contribution in [2.45, 2.75) is 52.6 Å². The van der Waals surface area contributed by atoms with Gasteiger partial charge in [-0.15, -0.1) is 0 Å². The highest BCUT2D eigenvalue weighted by Gasteiger charge is 2.19. The summed E-state index contributed by atoms with van der Waals surface area (Å²) in [6.07, 6.45) is 1.07. The third kappa shape index (κ3) is 3.95. The molecule has 1 aromatic carbocycles. The predicted octanol–water partition coefficient (Wildman–Crippen LogP) is 3.40. The molecule has 1 aromatic rings. The molecule has 1 atom stereocenters. The Labute approximate surface area is 111 Å². The third-order valence-corrected chi connectivity index (χ3v) is 3.40. The van der Waals surface area contributed by atoms with Crippen molar-refractivity contribution in [1.29, 1.82) is 0 Å². The zero-order valence-electron chi connectivity index (χ0n) is 12.2. The lowest BCUT2D eigenvalue weighted by Crippen LogP contribution is -2.40. The quantitative estimate of drug-likeness (QED) is 0.718. The van der Waals surface area contributed by atoms with Crippen molar-refractivity contribution < 1.29 is 4.79 Å². The number of hydrogen-bond donors (Lipinski definition) is 0. The molecule has 0 amide bonds. The van der Waals surface area contributed by atoms with Crippen molar-refractivity contribution in [2.75, 3.05) is 6.54 Å². The first kappa shape index (κ1) is 14.9. The SMILES string of the molecule is Cc1ccc(C(C=O)CN(C(C)C)C(C)C)cc1. The largest absolute Gasteiger partial charge is 0.303 e. The van der Waals surface area contributed by atoms with Crippen LogP contribution in [0.15, 0.2) is 24.3 Å². The molecule has 0 aliphatic carbocycles. The molecular weight excluding hydrogens is 222 g/mol. The normalized spacial score (nSPS) is 13.3. The van der Waals surface area contributed by atoms with Crippen molar-refractivity contribution in [3.05, 3.63) is 35.4 Å². The van der Waals surface area contributed by atoms with Gasteiger partial charge in [-0.3, -0.25) is 4.90 Å². The number of aryl methyl sites for hydroxylation is 1. The maximum absolute atomic E-state index is 11.3. The van der Waals surface area contributed by atoms with Crippen LogP contribution in [-0.4, -0.2) is 29.8 Å². The van der Waals surface area contributed by atoms with E-state index < -0.39 is 0 Å². The first-order valence-electron chi connectivity index (χ1n) is 6.73. The summed E-state index contributed by atoms with van der Waals surface area (Å²) >= 11 is 0. The molecule has 1 rings (SSSR count). The van der Waals surface area contributed by atoms with Crippen LogP contribution in [0, 0.1) is 6.92 Å². The Hall–Kier alpha value is -1.15. The molecule has 1 unspecified atom stereocenters. The van der Waals surface area contributed by atoms with Crippen molar-refractivity contribution in [3.63, 3.8) is 0 Å². The smallest absolute Gasteiger partial charge is 0.128 e. The van der Waals surface area contributed by atoms with E-state index in [4.69, 9.17) is 0 Å². The Bertz CT molecular complexity index is 359. The Morgan fingerprint density at radius 2 is 1.56 bits per heavy atom. The van der Waals surface area contributed by atoms with E-state index in [0.717, 1.165) is 18.4 Å². The van der Waals surface area contributed by atoms with E-state index in [1.54, 1.807) is 0 Å². The van der Waals surface area contributed by atoms with E-state index >= 15 is 0 Å². The highest BCUT2D eigenvalue weighted by molar-refractivity contribution is 5.62. The average Bonchev–Trinajstić information content (AvgIpc) is 2.31. The first-order valence-corrected chi connectivity index (χ1v) is 6.73. The van der Waals surface area contributed by atoms with Gasteiger partial charge in [-0.25, -0.2) is 0 Å². The van der Waals surface area contributed by atoms with Crippen LogP contribution in [0.3, 0.4) is 0 Å². The van der Waals surface area contributed by atoms with Crippen LogP contribution in [0.5, 0.6) is 0 Å². The van der Waals surface area contributed by atoms with Gasteiger partial charge in [0.15, 0.2) is 0 Å². The minimum absolute atomic E-state index is 0.0320. The van der Waals surface area contributed by atoms with Gasteiger partial charge >= 0.3 is 0 Å². The maximum Gasteiger partial charge on any atom is 0.128 e. The molecule has 2 nitrogen and oxygen atoms in total. The lowest BCUT2D eigenvalue weighted by atomic mass is 9.98. The summed E-state index contributed by atoms with van der Waals surface area (Å²) in [6, 6.07) is 9.18. The fraction of sp³-hybridized carbons (Fsp3) is 0.562. The Balaban J connectivity index is 2.83. The zero-order chi connectivity index (χ0) is 13.7. The number of aldehydes is 1. The van der Waals surface area contributed by atoms with Crippen LogP contribution >= 0.6 is 0 Å². The van der Waals surface area contributed by atoms with Crippen molar-refractivity contribution in [1.82, 2.24) is 4.90 Å². The minimum Gasteiger partial charge on any atom is -0.303 e. The van der Waals surface area contributed by atoms with Gasteiger partial charge in [0.2, 0.25) is 0 Å². The standard InChI is InChI=1S/C16H25NO/c1-12(2)17(13(3)4)10-16(11-18)15-8-6-14(5)7-9-15/h6-9,11-13,16H,10H2,1-5H3. The lowest BCUT2D eigenvalue weighted by Gasteiger charge is -2.32. The van der Waals surface area contributed by atoms with Crippen LogP contribution < -0.4 is 0 Å². The third-order valence-electron chi connectivity index (χ3n) is 3.40. The van der Waals surface area contributed by atoms with Gasteiger partial charge in [-0.1, -0.05) is 29.8 Å². The summed E-state index contributed by atoms with van der Waals surface area (Å²) in [4.78, 5) is 13.7. The number of nitrogens with zero attached hydrogens (tertiary/aromatic N) is 1. The summed E-state index contributed by atoms with van der Waals surface area (Å²) < 4.78 is 0. The van der Waals surface area contributed by atoms with Crippen LogP contribution in [-0.2, 0) is 4.79 Å². The Morgan fingerprint density at radius 3 is 1.94 bits per heavy atom. The van der Waals surface area contributed by atoms with E-state index in [2.05, 4.69) is 63.8 Å². The van der Waals surface area contributed by atoms with Crippen molar-refractivity contribution in [3.8, 4) is 0 Å². The van der Waals surface area contributed by atoms with Gasteiger partial charge in [0.05, 0.1) is 5.92 Å². The molecule has 0 aromatic heterocycles. The van der Waals surface area contributed by atoms with E-state index in [-0.39, 0.29) is 5.92 Å². The van der Waals surface area contributed by atoms with Crippen molar-refractivity contribution >= 4 is 6.29 Å². The van der Waals surface area contributed by atoms with E-state index in [1.807, 2.05) is 0 Å². The second kappa shape index (κ2) is 6.69. The number of carbonyl (C=O) groups excluding carboxylic acids is 1. The van der Waals surface area contributed by atoms with Gasteiger partial charge in [-0.05, 0) is 40.2 Å². The molecule has 0 saturated heterocycles. The molecule has 0 heterocycles. The van der Waals surface area contributed by atoms with Gasteiger partial charge in [0.1, 0.15) is 6.29 Å². The topological polar surface area (TPSA) is 20.3 Å². The lowest BCUT2D eigenvalue weighted by molar-refractivity contribution is -0.109. The zero-order valence-corrected chi connectivity index (χ0v) is 12.2.